The molecule has 2 amide bonds. The number of hydrogen-bond acceptors (Lipinski definition) is 3. The van der Waals surface area contributed by atoms with Gasteiger partial charge in [0.1, 0.15) is 5.54 Å². The zero-order chi connectivity index (χ0) is 27.1. The molecule has 7 heteroatoms. The molecule has 4 N–H and O–H groups in total. The summed E-state index contributed by atoms with van der Waals surface area (Å²) in [7, 11) is 0. The lowest BCUT2D eigenvalue weighted by Crippen LogP contribution is -2.69. The molecule has 3 aromatic rings. The lowest BCUT2D eigenvalue weighted by atomic mass is 9.53. The van der Waals surface area contributed by atoms with Gasteiger partial charge < -0.3 is 20.5 Å². The summed E-state index contributed by atoms with van der Waals surface area (Å²) in [4.78, 5) is 32.4. The molecule has 0 saturated heterocycles. The minimum Gasteiger partial charge on any atom is -0.465 e. The Morgan fingerprint density at radius 3 is 2.28 bits per heavy atom. The summed E-state index contributed by atoms with van der Waals surface area (Å²) in [6, 6.07) is 17.0. The molecule has 4 saturated carbocycles. The lowest BCUT2D eigenvalue weighted by molar-refractivity contribution is -0.141. The number of carbonyl (C=O) groups is 2. The van der Waals surface area contributed by atoms with Crippen molar-refractivity contribution in [1.29, 1.82) is 0 Å². The molecule has 0 radical (unpaired) electrons. The van der Waals surface area contributed by atoms with Gasteiger partial charge in [-0.3, -0.25) is 9.69 Å². The third-order valence-electron chi connectivity index (χ3n) is 9.79. The number of rotatable bonds is 9. The second kappa shape index (κ2) is 10.3. The zero-order valence-corrected chi connectivity index (χ0v) is 22.6. The Bertz CT molecular complexity index is 1310. The highest BCUT2D eigenvalue weighted by atomic mass is 16.4. The number of carboxylic acid groups (broad SMARTS) is 1. The number of aromatic amines is 1. The van der Waals surface area contributed by atoms with E-state index >= 15 is 0 Å². The number of fused-ring (bicyclic) bond motifs is 1. The van der Waals surface area contributed by atoms with Crippen LogP contribution in [0.4, 0.5) is 4.79 Å². The molecule has 0 unspecified atom stereocenters. The average Bonchev–Trinajstić information content (AvgIpc) is 3.32. The summed E-state index contributed by atoms with van der Waals surface area (Å²) in [6.45, 7) is 1.56. The van der Waals surface area contributed by atoms with E-state index in [1.807, 2.05) is 60.8 Å². The molecule has 4 fully saturated rings. The van der Waals surface area contributed by atoms with Crippen molar-refractivity contribution in [2.45, 2.75) is 69.5 Å². The number of aromatic nitrogens is 1. The molecule has 4 aliphatic rings. The van der Waals surface area contributed by atoms with Gasteiger partial charge >= 0.3 is 6.09 Å². The molecule has 4 aliphatic carbocycles. The first kappa shape index (κ1) is 25.9. The average molecular weight is 530 g/mol. The number of aliphatic hydroxyl groups excluding tert-OH is 1. The lowest BCUT2D eigenvalue weighted by Gasteiger charge is -2.59. The van der Waals surface area contributed by atoms with Gasteiger partial charge in [-0.1, -0.05) is 48.5 Å². The van der Waals surface area contributed by atoms with E-state index in [0.29, 0.717) is 30.1 Å². The Morgan fingerprint density at radius 1 is 1.00 bits per heavy atom. The minimum atomic E-state index is -1.35. The van der Waals surface area contributed by atoms with Gasteiger partial charge in [0.2, 0.25) is 5.91 Å². The van der Waals surface area contributed by atoms with Crippen LogP contribution < -0.4 is 5.32 Å². The number of nitrogens with one attached hydrogen (secondary N) is 2. The molecule has 4 bridgehead atoms. The van der Waals surface area contributed by atoms with E-state index in [4.69, 9.17) is 0 Å². The molecule has 1 aromatic heterocycles. The minimum absolute atomic E-state index is 0.169. The van der Waals surface area contributed by atoms with Gasteiger partial charge in [0.15, 0.2) is 0 Å². The molecule has 0 spiro atoms. The maximum absolute atomic E-state index is 14.3. The fourth-order valence-corrected chi connectivity index (χ4v) is 8.31. The first-order valence-electron chi connectivity index (χ1n) is 14.4. The van der Waals surface area contributed by atoms with Crippen molar-refractivity contribution in [3.05, 3.63) is 71.9 Å². The fourth-order valence-electron chi connectivity index (χ4n) is 8.31. The highest BCUT2D eigenvalue weighted by molar-refractivity contribution is 5.91. The summed E-state index contributed by atoms with van der Waals surface area (Å²) < 4.78 is 0. The van der Waals surface area contributed by atoms with Crippen molar-refractivity contribution in [3.63, 3.8) is 0 Å². The Morgan fingerprint density at radius 2 is 1.64 bits per heavy atom. The van der Waals surface area contributed by atoms with Gasteiger partial charge in [0, 0.05) is 29.6 Å². The van der Waals surface area contributed by atoms with Crippen LogP contribution in [0.15, 0.2) is 60.8 Å². The van der Waals surface area contributed by atoms with E-state index in [2.05, 4.69) is 10.3 Å². The Kier molecular flexibility index (Phi) is 6.88. The van der Waals surface area contributed by atoms with Crippen molar-refractivity contribution in [1.82, 2.24) is 15.2 Å². The van der Waals surface area contributed by atoms with Gasteiger partial charge in [-0.2, -0.15) is 0 Å². The molecule has 2 atom stereocenters. The summed E-state index contributed by atoms with van der Waals surface area (Å²) in [6.07, 6.45) is 7.09. The van der Waals surface area contributed by atoms with E-state index in [1.54, 1.807) is 6.92 Å². The second-order valence-electron chi connectivity index (χ2n) is 12.4. The number of amides is 2. The molecule has 39 heavy (non-hydrogen) atoms. The topological polar surface area (TPSA) is 106 Å². The second-order valence-corrected chi connectivity index (χ2v) is 12.4. The molecule has 7 rings (SSSR count). The number of para-hydroxylation sites is 1. The van der Waals surface area contributed by atoms with Crippen molar-refractivity contribution in [2.24, 2.45) is 23.7 Å². The van der Waals surface area contributed by atoms with E-state index in [9.17, 15) is 19.8 Å². The third-order valence-corrected chi connectivity index (χ3v) is 9.79. The highest BCUT2D eigenvalue weighted by Gasteiger charge is 2.56. The quantitative estimate of drug-likeness (QED) is 0.313. The van der Waals surface area contributed by atoms with Crippen molar-refractivity contribution in [2.75, 3.05) is 6.61 Å². The smallest absolute Gasteiger partial charge is 0.408 e. The van der Waals surface area contributed by atoms with Crippen LogP contribution in [0.5, 0.6) is 0 Å². The summed E-state index contributed by atoms with van der Waals surface area (Å²) in [5, 5.41) is 25.1. The number of aliphatic hydroxyl groups is 1. The Labute approximate surface area is 229 Å². The summed E-state index contributed by atoms with van der Waals surface area (Å²) >= 11 is 0. The third kappa shape index (κ3) is 4.82. The van der Waals surface area contributed by atoms with Crippen LogP contribution in [0.3, 0.4) is 0 Å². The van der Waals surface area contributed by atoms with Gasteiger partial charge in [-0.05, 0) is 86.3 Å². The van der Waals surface area contributed by atoms with Crippen LogP contribution in [-0.2, 0) is 17.6 Å². The SMILES string of the molecule is C[C@@](Cc1c[nH]c2ccccc12)(C(=O)N[C@H](CO)Cc1ccccc1)N(C(=O)O)C1C2CC3CC(C2)CC1C3. The normalized spacial score (nSPS) is 27.7. The number of nitrogens with zero attached hydrogens (tertiary/aromatic N) is 1. The zero-order valence-electron chi connectivity index (χ0n) is 22.6. The van der Waals surface area contributed by atoms with Crippen LogP contribution in [-0.4, -0.2) is 56.3 Å². The van der Waals surface area contributed by atoms with Crippen LogP contribution in [0.1, 0.15) is 50.2 Å². The van der Waals surface area contributed by atoms with E-state index in [-0.39, 0.29) is 25.0 Å². The highest BCUT2D eigenvalue weighted by Crippen LogP contribution is 2.56. The predicted molar refractivity (Wildman–Crippen MR) is 150 cm³/mol. The molecular formula is C32H39N3O4. The summed E-state index contributed by atoms with van der Waals surface area (Å²) in [5.74, 6) is 1.63. The molecule has 206 valence electrons. The van der Waals surface area contributed by atoms with Crippen LogP contribution >= 0.6 is 0 Å². The van der Waals surface area contributed by atoms with Crippen LogP contribution in [0, 0.1) is 23.7 Å². The molecule has 0 aliphatic heterocycles. The molecule has 7 nitrogen and oxygen atoms in total. The van der Waals surface area contributed by atoms with Crippen molar-refractivity contribution >= 4 is 22.9 Å². The maximum Gasteiger partial charge on any atom is 0.408 e. The largest absolute Gasteiger partial charge is 0.465 e. The number of hydrogen-bond donors (Lipinski definition) is 4. The Balaban J connectivity index is 1.36. The van der Waals surface area contributed by atoms with Crippen LogP contribution in [0.25, 0.3) is 10.9 Å². The number of benzene rings is 2. The number of carbonyl (C=O) groups excluding carboxylic acids is 1. The van der Waals surface area contributed by atoms with E-state index in [0.717, 1.165) is 47.7 Å². The van der Waals surface area contributed by atoms with Crippen molar-refractivity contribution in [3.8, 4) is 0 Å². The monoisotopic (exact) mass is 529 g/mol. The van der Waals surface area contributed by atoms with Gasteiger partial charge in [-0.15, -0.1) is 0 Å². The van der Waals surface area contributed by atoms with Crippen molar-refractivity contribution < 1.29 is 19.8 Å². The molecule has 1 heterocycles. The first-order chi connectivity index (χ1) is 18.9. The fraction of sp³-hybridized carbons (Fsp3) is 0.500. The van der Waals surface area contributed by atoms with Crippen LogP contribution in [0.2, 0.25) is 0 Å². The Hall–Kier alpha value is -3.32. The van der Waals surface area contributed by atoms with Gasteiger partial charge in [0.25, 0.3) is 0 Å². The van der Waals surface area contributed by atoms with E-state index in [1.165, 1.54) is 11.3 Å². The van der Waals surface area contributed by atoms with E-state index < -0.39 is 17.7 Å². The predicted octanol–water partition coefficient (Wildman–Crippen LogP) is 4.99. The first-order valence-corrected chi connectivity index (χ1v) is 14.4. The van der Waals surface area contributed by atoms with Gasteiger partial charge in [0.05, 0.1) is 12.6 Å². The molecular weight excluding hydrogens is 490 g/mol. The molecule has 2 aromatic carbocycles. The number of H-pyrrole nitrogens is 1. The maximum atomic E-state index is 14.3. The van der Waals surface area contributed by atoms with Gasteiger partial charge in [-0.25, -0.2) is 4.79 Å². The standard InChI is InChI=1S/C32H39N3O4/c1-32(17-25-18-33-28-10-6-5-9-27(25)28,30(37)34-26(19-36)16-20-7-3-2-4-8-20)35(31(38)39)29-23-12-21-11-22(14-23)15-24(29)13-21/h2-10,18,21-24,26,29,33,36H,11-17,19H2,1H3,(H,34,37)(H,38,39)/t21?,22?,23?,24?,26-,29?,32+/m0/s1. The summed E-state index contributed by atoms with van der Waals surface area (Å²) in [5.41, 5.74) is 1.54.